The van der Waals surface area contributed by atoms with Crippen LogP contribution >= 0.6 is 0 Å². The van der Waals surface area contributed by atoms with Crippen LogP contribution in [0.15, 0.2) is 18.3 Å². The average molecular weight is 275 g/mol. The number of anilines is 1. The molecule has 0 fully saturated rings. The van der Waals surface area contributed by atoms with Gasteiger partial charge >= 0.3 is 5.69 Å². The number of nitrogens with one attached hydrogen (secondary N) is 1. The van der Waals surface area contributed by atoms with Gasteiger partial charge in [-0.05, 0) is 25.0 Å². The van der Waals surface area contributed by atoms with Crippen LogP contribution in [-0.4, -0.2) is 19.7 Å². The molecule has 2 aromatic rings. The Morgan fingerprint density at radius 1 is 1.50 bits per heavy atom. The van der Waals surface area contributed by atoms with E-state index in [0.717, 1.165) is 17.7 Å². The van der Waals surface area contributed by atoms with Gasteiger partial charge in [-0.1, -0.05) is 13.0 Å². The van der Waals surface area contributed by atoms with E-state index < -0.39 is 4.92 Å². The molecule has 0 aliphatic heterocycles. The van der Waals surface area contributed by atoms with Crippen LogP contribution < -0.4 is 5.32 Å². The van der Waals surface area contributed by atoms with Gasteiger partial charge in [-0.15, -0.1) is 0 Å². The maximum Gasteiger partial charge on any atom is 0.333 e. The van der Waals surface area contributed by atoms with Crippen molar-refractivity contribution in [3.8, 4) is 0 Å². The molecule has 0 aliphatic rings. The van der Waals surface area contributed by atoms with E-state index >= 15 is 0 Å². The Morgan fingerprint density at radius 2 is 2.25 bits per heavy atom. The standard InChI is InChI=1S/C13H17N5O2/c1-4-10-6-5-7-14-11(10)8-15-13-12(18(19)20)9(2)16-17(13)3/h5-7,15H,4,8H2,1-3H3. The smallest absolute Gasteiger partial charge is 0.333 e. The minimum atomic E-state index is -0.413. The summed E-state index contributed by atoms with van der Waals surface area (Å²) in [5.41, 5.74) is 2.43. The van der Waals surface area contributed by atoms with E-state index in [2.05, 4.69) is 22.3 Å². The van der Waals surface area contributed by atoms with Crippen molar-refractivity contribution in [3.05, 3.63) is 45.4 Å². The number of pyridine rings is 1. The van der Waals surface area contributed by atoms with Crippen LogP contribution in [0.4, 0.5) is 11.5 Å². The summed E-state index contributed by atoms with van der Waals surface area (Å²) in [5.74, 6) is 0.403. The molecule has 0 spiro atoms. The third-order valence-corrected chi connectivity index (χ3v) is 3.16. The number of aromatic nitrogens is 3. The molecule has 2 aromatic heterocycles. The van der Waals surface area contributed by atoms with Crippen LogP contribution in [0.1, 0.15) is 23.9 Å². The minimum absolute atomic E-state index is 0.0153. The van der Waals surface area contributed by atoms with Crippen LogP contribution in [0.2, 0.25) is 0 Å². The molecule has 20 heavy (non-hydrogen) atoms. The number of aryl methyl sites for hydroxylation is 3. The summed E-state index contributed by atoms with van der Waals surface area (Å²) < 4.78 is 1.49. The maximum atomic E-state index is 11.1. The lowest BCUT2D eigenvalue weighted by molar-refractivity contribution is -0.384. The van der Waals surface area contributed by atoms with Gasteiger partial charge in [0.2, 0.25) is 5.82 Å². The Kier molecular flexibility index (Phi) is 3.97. The lowest BCUT2D eigenvalue weighted by atomic mass is 10.1. The summed E-state index contributed by atoms with van der Waals surface area (Å²) >= 11 is 0. The number of nitro groups is 1. The number of hydrogen-bond donors (Lipinski definition) is 1. The molecule has 0 saturated carbocycles. The highest BCUT2D eigenvalue weighted by Gasteiger charge is 2.23. The zero-order valence-electron chi connectivity index (χ0n) is 11.8. The van der Waals surface area contributed by atoms with Gasteiger partial charge in [0.05, 0.1) is 17.2 Å². The van der Waals surface area contributed by atoms with E-state index in [1.807, 2.05) is 12.1 Å². The molecule has 0 aliphatic carbocycles. The second kappa shape index (κ2) is 5.68. The highest BCUT2D eigenvalue weighted by Crippen LogP contribution is 2.27. The van der Waals surface area contributed by atoms with Crippen LogP contribution in [-0.2, 0) is 20.0 Å². The first-order valence-electron chi connectivity index (χ1n) is 6.39. The van der Waals surface area contributed by atoms with Gasteiger partial charge in [-0.2, -0.15) is 5.10 Å². The van der Waals surface area contributed by atoms with E-state index in [4.69, 9.17) is 0 Å². The Bertz CT molecular complexity index is 636. The second-order valence-corrected chi connectivity index (χ2v) is 4.48. The van der Waals surface area contributed by atoms with Crippen LogP contribution in [0, 0.1) is 17.0 Å². The Balaban J connectivity index is 2.25. The van der Waals surface area contributed by atoms with Crippen molar-refractivity contribution in [1.29, 1.82) is 0 Å². The fourth-order valence-electron chi connectivity index (χ4n) is 2.18. The van der Waals surface area contributed by atoms with E-state index in [9.17, 15) is 10.1 Å². The largest absolute Gasteiger partial charge is 0.359 e. The molecule has 2 heterocycles. The fourth-order valence-corrected chi connectivity index (χ4v) is 2.18. The first-order chi connectivity index (χ1) is 9.54. The van der Waals surface area contributed by atoms with E-state index in [1.54, 1.807) is 20.2 Å². The number of nitrogens with zero attached hydrogens (tertiary/aromatic N) is 4. The molecule has 0 atom stereocenters. The zero-order valence-corrected chi connectivity index (χ0v) is 11.8. The first kappa shape index (κ1) is 14.0. The monoisotopic (exact) mass is 275 g/mol. The van der Waals surface area contributed by atoms with Gasteiger partial charge in [0.25, 0.3) is 0 Å². The maximum absolute atomic E-state index is 11.1. The van der Waals surface area contributed by atoms with Crippen molar-refractivity contribution in [3.63, 3.8) is 0 Å². The summed E-state index contributed by atoms with van der Waals surface area (Å²) in [4.78, 5) is 15.0. The van der Waals surface area contributed by atoms with Gasteiger partial charge in [-0.25, -0.2) is 4.68 Å². The topological polar surface area (TPSA) is 85.9 Å². The van der Waals surface area contributed by atoms with Crippen LogP contribution in [0.3, 0.4) is 0 Å². The molecule has 0 unspecified atom stereocenters. The third kappa shape index (κ3) is 2.61. The Labute approximate surface area is 116 Å². The minimum Gasteiger partial charge on any atom is -0.359 e. The number of hydrogen-bond acceptors (Lipinski definition) is 5. The molecule has 0 aromatic carbocycles. The van der Waals surface area contributed by atoms with Gasteiger partial charge in [0.15, 0.2) is 0 Å². The third-order valence-electron chi connectivity index (χ3n) is 3.16. The van der Waals surface area contributed by atoms with Crippen LogP contribution in [0.25, 0.3) is 0 Å². The van der Waals surface area contributed by atoms with Crippen molar-refractivity contribution in [1.82, 2.24) is 14.8 Å². The fraction of sp³-hybridized carbons (Fsp3) is 0.385. The van der Waals surface area contributed by atoms with Crippen molar-refractivity contribution < 1.29 is 4.92 Å². The molecule has 0 amide bonds. The highest BCUT2D eigenvalue weighted by molar-refractivity contribution is 5.59. The van der Waals surface area contributed by atoms with Gasteiger partial charge < -0.3 is 5.32 Å². The molecular formula is C13H17N5O2. The highest BCUT2D eigenvalue weighted by atomic mass is 16.6. The molecule has 1 N–H and O–H groups in total. The lowest BCUT2D eigenvalue weighted by Crippen LogP contribution is -2.09. The first-order valence-corrected chi connectivity index (χ1v) is 6.39. The van der Waals surface area contributed by atoms with Crippen LogP contribution in [0.5, 0.6) is 0 Å². The van der Waals surface area contributed by atoms with Gasteiger partial charge in [0.1, 0.15) is 5.69 Å². The predicted molar refractivity (Wildman–Crippen MR) is 75.5 cm³/mol. The molecule has 0 bridgehead atoms. The lowest BCUT2D eigenvalue weighted by Gasteiger charge is -2.08. The zero-order chi connectivity index (χ0) is 14.7. The van der Waals surface area contributed by atoms with E-state index in [0.29, 0.717) is 18.1 Å². The molecule has 7 nitrogen and oxygen atoms in total. The van der Waals surface area contributed by atoms with E-state index in [-0.39, 0.29) is 5.69 Å². The second-order valence-electron chi connectivity index (χ2n) is 4.48. The Morgan fingerprint density at radius 3 is 2.90 bits per heavy atom. The summed E-state index contributed by atoms with van der Waals surface area (Å²) in [7, 11) is 1.68. The molecular weight excluding hydrogens is 258 g/mol. The van der Waals surface area contributed by atoms with E-state index in [1.165, 1.54) is 4.68 Å². The predicted octanol–water partition coefficient (Wildman–Crippen LogP) is 2.21. The molecule has 7 heteroatoms. The van der Waals surface area contributed by atoms with Crippen molar-refractivity contribution in [2.24, 2.45) is 7.05 Å². The Hall–Kier alpha value is -2.44. The van der Waals surface area contributed by atoms with Crippen molar-refractivity contribution in [2.45, 2.75) is 26.8 Å². The summed E-state index contributed by atoms with van der Waals surface area (Å²) in [6, 6.07) is 3.89. The molecule has 0 radical (unpaired) electrons. The average Bonchev–Trinajstić information content (AvgIpc) is 2.71. The van der Waals surface area contributed by atoms with Crippen molar-refractivity contribution in [2.75, 3.05) is 5.32 Å². The normalized spacial score (nSPS) is 10.6. The SMILES string of the molecule is CCc1cccnc1CNc1c([N+](=O)[O-])c(C)nn1C. The summed E-state index contributed by atoms with van der Waals surface area (Å²) in [6.45, 7) is 4.11. The molecule has 106 valence electrons. The summed E-state index contributed by atoms with van der Waals surface area (Å²) in [5, 5.41) is 18.2. The summed E-state index contributed by atoms with van der Waals surface area (Å²) in [6.07, 6.45) is 2.59. The van der Waals surface area contributed by atoms with Gasteiger partial charge in [-0.3, -0.25) is 15.1 Å². The molecule has 2 rings (SSSR count). The van der Waals surface area contributed by atoms with Crippen molar-refractivity contribution >= 4 is 11.5 Å². The molecule has 0 saturated heterocycles. The number of rotatable bonds is 5. The quantitative estimate of drug-likeness (QED) is 0.667. The van der Waals surface area contributed by atoms with Gasteiger partial charge in [0, 0.05) is 13.2 Å².